The molecule has 0 amide bonds. The largest absolute Gasteiger partial charge is 0.465 e. The zero-order valence-corrected chi connectivity index (χ0v) is 14.1. The Bertz CT molecular complexity index is 712. The van der Waals surface area contributed by atoms with Gasteiger partial charge in [-0.05, 0) is 0 Å². The molecular weight excluding hydrogens is 348 g/mol. The summed E-state index contributed by atoms with van der Waals surface area (Å²) in [7, 11) is 2.51. The molecule has 0 saturated carbocycles. The molecule has 0 saturated heterocycles. The number of carbonyl (C=O) groups is 2. The Morgan fingerprint density at radius 2 is 1.82 bits per heavy atom. The van der Waals surface area contributed by atoms with Crippen LogP contribution in [0.4, 0.5) is 10.1 Å². The molecule has 0 aliphatic heterocycles. The van der Waals surface area contributed by atoms with Gasteiger partial charge in [-0.2, -0.15) is 0 Å². The van der Waals surface area contributed by atoms with Gasteiger partial charge in [0.05, 0.1) is 19.8 Å². The maximum absolute atomic E-state index is 11.9. The van der Waals surface area contributed by atoms with E-state index in [1.165, 1.54) is 37.3 Å². The van der Waals surface area contributed by atoms with E-state index >= 15 is 0 Å². The number of nitrogen functional groups attached to an aromatic ring is 2. The van der Waals surface area contributed by atoms with Gasteiger partial charge >= 0.3 is 11.9 Å². The van der Waals surface area contributed by atoms with Gasteiger partial charge in [0, 0.05) is 11.3 Å². The molecule has 4 N–H and O–H groups in total. The molecule has 0 spiro atoms. The van der Waals surface area contributed by atoms with Gasteiger partial charge in [0.15, 0.2) is 4.34 Å². The number of anilines is 2. The van der Waals surface area contributed by atoms with E-state index in [0.717, 1.165) is 11.3 Å². The van der Waals surface area contributed by atoms with Crippen molar-refractivity contribution < 1.29 is 19.1 Å². The van der Waals surface area contributed by atoms with E-state index in [4.69, 9.17) is 20.9 Å². The lowest BCUT2D eigenvalue weighted by Crippen LogP contribution is -2.08. The zero-order valence-electron chi connectivity index (χ0n) is 11.6. The number of rotatable bonds is 5. The standard InChI is InChI=1S/C11H12N4O4S3/c1-18-8(16)5-4(3-20-11-15-14-10(13)22-11)6(9(17)19-2)21-7(5)12/h3,12H2,1-2H3,(H2,13,14). The molecule has 0 bridgehead atoms. The number of hydrogen-bond donors (Lipinski definition) is 2. The topological polar surface area (TPSA) is 130 Å². The monoisotopic (exact) mass is 360 g/mol. The average Bonchev–Trinajstić information content (AvgIpc) is 3.06. The van der Waals surface area contributed by atoms with Crippen molar-refractivity contribution in [3.05, 3.63) is 16.0 Å². The van der Waals surface area contributed by atoms with Gasteiger partial charge < -0.3 is 20.9 Å². The summed E-state index contributed by atoms with van der Waals surface area (Å²) in [5.74, 6) is -0.868. The second-order valence-corrected chi connectivity index (χ2v) is 7.11. The highest BCUT2D eigenvalue weighted by Gasteiger charge is 2.27. The van der Waals surface area contributed by atoms with Gasteiger partial charge in [-0.25, -0.2) is 9.59 Å². The van der Waals surface area contributed by atoms with Crippen molar-refractivity contribution in [1.29, 1.82) is 0 Å². The molecule has 2 rings (SSSR count). The van der Waals surface area contributed by atoms with Crippen molar-refractivity contribution in [2.24, 2.45) is 0 Å². The van der Waals surface area contributed by atoms with E-state index in [0.29, 0.717) is 15.0 Å². The Balaban J connectivity index is 2.36. The third-order valence-corrected chi connectivity index (χ3v) is 5.51. The van der Waals surface area contributed by atoms with E-state index in [1.807, 2.05) is 0 Å². The lowest BCUT2D eigenvalue weighted by atomic mass is 10.1. The van der Waals surface area contributed by atoms with Crippen molar-refractivity contribution in [2.45, 2.75) is 10.1 Å². The van der Waals surface area contributed by atoms with Crippen LogP contribution in [0.15, 0.2) is 4.34 Å². The quantitative estimate of drug-likeness (QED) is 0.603. The van der Waals surface area contributed by atoms with Crippen LogP contribution in [-0.4, -0.2) is 36.4 Å². The summed E-state index contributed by atoms with van der Waals surface area (Å²) in [5, 5.41) is 8.12. The SMILES string of the molecule is COC(=O)c1sc(N)c(C(=O)OC)c1CSc1nnc(N)s1. The third-order valence-electron chi connectivity index (χ3n) is 2.56. The molecule has 0 atom stereocenters. The number of thiophene rings is 1. The van der Waals surface area contributed by atoms with Crippen LogP contribution in [-0.2, 0) is 15.2 Å². The molecule has 118 valence electrons. The molecule has 8 nitrogen and oxygen atoms in total. The normalized spacial score (nSPS) is 10.5. The maximum atomic E-state index is 11.9. The zero-order chi connectivity index (χ0) is 16.3. The fourth-order valence-electron chi connectivity index (χ4n) is 1.62. The van der Waals surface area contributed by atoms with Crippen LogP contribution < -0.4 is 11.5 Å². The van der Waals surface area contributed by atoms with Gasteiger partial charge in [-0.15, -0.1) is 21.5 Å². The van der Waals surface area contributed by atoms with Gasteiger partial charge in [0.1, 0.15) is 9.88 Å². The summed E-state index contributed by atoms with van der Waals surface area (Å²) in [6.45, 7) is 0. The van der Waals surface area contributed by atoms with E-state index in [2.05, 4.69) is 10.2 Å². The van der Waals surface area contributed by atoms with E-state index < -0.39 is 11.9 Å². The first-order valence-electron chi connectivity index (χ1n) is 5.77. The summed E-state index contributed by atoms with van der Waals surface area (Å²) in [6.07, 6.45) is 0. The predicted molar refractivity (Wildman–Crippen MR) is 85.3 cm³/mol. The van der Waals surface area contributed by atoms with Crippen LogP contribution in [0, 0.1) is 0 Å². The summed E-state index contributed by atoms with van der Waals surface area (Å²) in [5.41, 5.74) is 12.0. The number of methoxy groups -OCH3 is 2. The Morgan fingerprint density at radius 3 is 2.36 bits per heavy atom. The molecule has 2 aromatic heterocycles. The molecule has 0 aliphatic carbocycles. The molecule has 0 aliphatic rings. The lowest BCUT2D eigenvalue weighted by Gasteiger charge is -2.04. The first kappa shape index (κ1) is 16.5. The van der Waals surface area contributed by atoms with Gasteiger partial charge in [-0.1, -0.05) is 23.1 Å². The Kier molecular flexibility index (Phi) is 5.21. The van der Waals surface area contributed by atoms with Crippen molar-refractivity contribution in [2.75, 3.05) is 25.7 Å². The van der Waals surface area contributed by atoms with Crippen LogP contribution >= 0.6 is 34.4 Å². The van der Waals surface area contributed by atoms with E-state index in [-0.39, 0.29) is 21.2 Å². The smallest absolute Gasteiger partial charge is 0.348 e. The molecule has 2 aromatic rings. The first-order valence-corrected chi connectivity index (χ1v) is 8.39. The minimum atomic E-state index is -0.601. The number of ether oxygens (including phenoxy) is 2. The lowest BCUT2D eigenvalue weighted by molar-refractivity contribution is 0.0601. The van der Waals surface area contributed by atoms with E-state index in [9.17, 15) is 9.59 Å². The Hall–Kier alpha value is -1.85. The van der Waals surface area contributed by atoms with Crippen molar-refractivity contribution in [1.82, 2.24) is 10.2 Å². The molecule has 0 aromatic carbocycles. The minimum absolute atomic E-state index is 0.179. The maximum Gasteiger partial charge on any atom is 0.348 e. The predicted octanol–water partition coefficient (Wildman–Crippen LogP) is 1.63. The molecule has 2 heterocycles. The molecule has 0 unspecified atom stereocenters. The number of esters is 2. The van der Waals surface area contributed by atoms with Crippen LogP contribution in [0.25, 0.3) is 0 Å². The second-order valence-electron chi connectivity index (χ2n) is 3.83. The highest BCUT2D eigenvalue weighted by molar-refractivity contribution is 8.00. The summed E-state index contributed by atoms with van der Waals surface area (Å²) in [4.78, 5) is 24.0. The average molecular weight is 360 g/mol. The fourth-order valence-corrected chi connectivity index (χ4v) is 4.37. The minimum Gasteiger partial charge on any atom is -0.465 e. The third kappa shape index (κ3) is 3.31. The van der Waals surface area contributed by atoms with Crippen LogP contribution in [0.1, 0.15) is 25.6 Å². The first-order chi connectivity index (χ1) is 10.5. The molecule has 11 heteroatoms. The fraction of sp³-hybridized carbons (Fsp3) is 0.273. The summed E-state index contributed by atoms with van der Waals surface area (Å²) in [6, 6.07) is 0. The molecule has 0 radical (unpaired) electrons. The number of hydrogen-bond acceptors (Lipinski definition) is 11. The number of aromatic nitrogens is 2. The molecular formula is C11H12N4O4S3. The Labute approximate surface area is 137 Å². The Morgan fingerprint density at radius 1 is 1.14 bits per heavy atom. The highest BCUT2D eigenvalue weighted by atomic mass is 32.2. The summed E-state index contributed by atoms with van der Waals surface area (Å²) >= 11 is 3.49. The van der Waals surface area contributed by atoms with Crippen molar-refractivity contribution >= 4 is 56.5 Å². The van der Waals surface area contributed by atoms with Crippen molar-refractivity contribution in [3.8, 4) is 0 Å². The van der Waals surface area contributed by atoms with Gasteiger partial charge in [0.2, 0.25) is 5.13 Å². The van der Waals surface area contributed by atoms with Crippen LogP contribution in [0.3, 0.4) is 0 Å². The van der Waals surface area contributed by atoms with Gasteiger partial charge in [0.25, 0.3) is 0 Å². The van der Waals surface area contributed by atoms with Gasteiger partial charge in [-0.3, -0.25) is 0 Å². The highest BCUT2D eigenvalue weighted by Crippen LogP contribution is 2.37. The van der Waals surface area contributed by atoms with Crippen LogP contribution in [0.2, 0.25) is 0 Å². The number of nitrogens with two attached hydrogens (primary N) is 2. The number of thioether (sulfide) groups is 1. The second kappa shape index (κ2) is 6.94. The number of carbonyl (C=O) groups excluding carboxylic acids is 2. The summed E-state index contributed by atoms with van der Waals surface area (Å²) < 4.78 is 10.1. The van der Waals surface area contributed by atoms with Crippen molar-refractivity contribution in [3.63, 3.8) is 0 Å². The molecule has 0 fully saturated rings. The number of nitrogens with zero attached hydrogens (tertiary/aromatic N) is 2. The van der Waals surface area contributed by atoms with Crippen LogP contribution in [0.5, 0.6) is 0 Å². The molecule has 22 heavy (non-hydrogen) atoms. The van der Waals surface area contributed by atoms with E-state index in [1.54, 1.807) is 0 Å².